The fraction of sp³-hybridized carbons (Fsp3) is 0.739. The summed E-state index contributed by atoms with van der Waals surface area (Å²) in [4.78, 5) is 0. The Morgan fingerprint density at radius 1 is 0.900 bits per heavy atom. The van der Waals surface area contributed by atoms with Gasteiger partial charge >= 0.3 is 29.6 Å². The van der Waals surface area contributed by atoms with Crippen LogP contribution >= 0.6 is 7.37 Å². The average Bonchev–Trinajstić information content (AvgIpc) is 2.68. The zero-order valence-electron chi connectivity index (χ0n) is 20.8. The molecule has 30 heavy (non-hydrogen) atoms. The molecule has 2 unspecified atom stereocenters. The quantitative estimate of drug-likeness (QED) is 0.267. The van der Waals surface area contributed by atoms with Gasteiger partial charge in [0.15, 0.2) is 0 Å². The van der Waals surface area contributed by atoms with Crippen LogP contribution in [0, 0.1) is 11.8 Å². The maximum Gasteiger partial charge on any atom is 1.00 e. The largest absolute Gasteiger partial charge is 1.00 e. The molecule has 0 aliphatic rings. The molecule has 0 N–H and O–H groups in total. The van der Waals surface area contributed by atoms with E-state index in [2.05, 4.69) is 27.7 Å². The molecule has 0 bridgehead atoms. The molecule has 0 heterocycles. The fourth-order valence-corrected chi connectivity index (χ4v) is 9.33. The Kier molecular flexibility index (Phi) is 16.2. The minimum Gasteiger partial charge on any atom is -1.00 e. The van der Waals surface area contributed by atoms with Gasteiger partial charge in [0.05, 0.1) is 0 Å². The van der Waals surface area contributed by atoms with Crippen LogP contribution in [0.2, 0.25) is 0 Å². The monoisotopic (exact) mass is 468 g/mol. The SMILES string of the molecule is CCCCC(CC)CP(=O)(CC(CC)CCCC)OS(=O)(=O)Cc1ccccc1.[H-].[Na+]. The van der Waals surface area contributed by atoms with Crippen molar-refractivity contribution in [3.8, 4) is 0 Å². The van der Waals surface area contributed by atoms with Gasteiger partial charge in [0, 0.05) is 12.3 Å². The molecule has 1 aromatic rings. The normalized spacial score (nSPS) is 15.7. The van der Waals surface area contributed by atoms with Gasteiger partial charge in [0.25, 0.3) is 10.1 Å². The van der Waals surface area contributed by atoms with E-state index in [1.54, 1.807) is 24.3 Å². The molecule has 7 heteroatoms. The molecule has 170 valence electrons. The zero-order chi connectivity index (χ0) is 21.8. The molecule has 4 nitrogen and oxygen atoms in total. The van der Waals surface area contributed by atoms with Crippen molar-refractivity contribution < 1.29 is 47.9 Å². The standard InChI is InChI=1S/C23H41O4PS.Na.H/c1-5-9-14-21(7-3)18-28(24,19-22(8-4)15-10-6-2)27-29(25,26)20-23-16-12-11-13-17-23;;/h11-13,16-17,21-22H,5-10,14-15,18-20H2,1-4H3;;/q;+1;-1. The van der Waals surface area contributed by atoms with Crippen LogP contribution in [0.3, 0.4) is 0 Å². The van der Waals surface area contributed by atoms with Crippen LogP contribution in [-0.4, -0.2) is 20.7 Å². The Balaban J connectivity index is 0. The van der Waals surface area contributed by atoms with Crippen molar-refractivity contribution in [2.24, 2.45) is 11.8 Å². The van der Waals surface area contributed by atoms with Crippen molar-refractivity contribution in [3.63, 3.8) is 0 Å². The summed E-state index contributed by atoms with van der Waals surface area (Å²) in [6.45, 7) is 8.48. The van der Waals surface area contributed by atoms with E-state index in [0.29, 0.717) is 17.9 Å². The van der Waals surface area contributed by atoms with E-state index in [1.807, 2.05) is 6.07 Å². The summed E-state index contributed by atoms with van der Waals surface area (Å²) >= 11 is 0. The van der Waals surface area contributed by atoms with Gasteiger partial charge in [-0.05, 0) is 30.2 Å². The van der Waals surface area contributed by atoms with Crippen molar-refractivity contribution >= 4 is 17.5 Å². The second kappa shape index (κ2) is 16.0. The van der Waals surface area contributed by atoms with E-state index in [1.165, 1.54) is 0 Å². The van der Waals surface area contributed by atoms with Crippen LogP contribution in [0.15, 0.2) is 30.3 Å². The molecule has 0 fully saturated rings. The van der Waals surface area contributed by atoms with Crippen LogP contribution in [0.25, 0.3) is 0 Å². The molecule has 1 aromatic carbocycles. The molecular formula is C23H42NaO4PS. The predicted octanol–water partition coefficient (Wildman–Crippen LogP) is 4.36. The third kappa shape index (κ3) is 12.4. The summed E-state index contributed by atoms with van der Waals surface area (Å²) in [5.41, 5.74) is 0.662. The second-order valence-electron chi connectivity index (χ2n) is 8.27. The number of rotatable bonds is 16. The maximum absolute atomic E-state index is 13.9. The van der Waals surface area contributed by atoms with Crippen molar-refractivity contribution in [1.82, 2.24) is 0 Å². The Morgan fingerprint density at radius 2 is 1.37 bits per heavy atom. The number of hydrogen-bond acceptors (Lipinski definition) is 4. The first-order valence-corrected chi connectivity index (χ1v) is 14.9. The number of benzene rings is 1. The predicted molar refractivity (Wildman–Crippen MR) is 125 cm³/mol. The summed E-state index contributed by atoms with van der Waals surface area (Å²) in [6, 6.07) is 8.98. The van der Waals surface area contributed by atoms with Crippen molar-refractivity contribution in [2.45, 2.75) is 84.8 Å². The Bertz CT molecular complexity index is 694. The van der Waals surface area contributed by atoms with Crippen LogP contribution < -0.4 is 29.6 Å². The van der Waals surface area contributed by atoms with E-state index in [4.69, 9.17) is 3.97 Å². The topological polar surface area (TPSA) is 60.4 Å². The molecule has 2 atom stereocenters. The zero-order valence-corrected chi connectivity index (χ0v) is 23.5. The Hall–Kier alpha value is 0.360. The van der Waals surface area contributed by atoms with Gasteiger partial charge in [-0.15, -0.1) is 0 Å². The van der Waals surface area contributed by atoms with E-state index < -0.39 is 17.5 Å². The molecule has 0 saturated carbocycles. The second-order valence-corrected chi connectivity index (χ2v) is 12.6. The van der Waals surface area contributed by atoms with Crippen molar-refractivity contribution in [2.75, 3.05) is 12.3 Å². The molecule has 1 rings (SSSR count). The number of unbranched alkanes of at least 4 members (excludes halogenated alkanes) is 2. The summed E-state index contributed by atoms with van der Waals surface area (Å²) in [7, 11) is -7.20. The average molecular weight is 469 g/mol. The first kappa shape index (κ1) is 30.4. The number of hydrogen-bond donors (Lipinski definition) is 0. The molecular weight excluding hydrogens is 426 g/mol. The summed E-state index contributed by atoms with van der Waals surface area (Å²) < 4.78 is 45.0. The van der Waals surface area contributed by atoms with E-state index in [0.717, 1.165) is 51.4 Å². The smallest absolute Gasteiger partial charge is 1.00 e. The van der Waals surface area contributed by atoms with Gasteiger partial charge in [0.2, 0.25) is 7.37 Å². The summed E-state index contributed by atoms with van der Waals surface area (Å²) in [5, 5.41) is 0. The van der Waals surface area contributed by atoms with Crippen LogP contribution in [0.1, 0.15) is 86.1 Å². The summed E-state index contributed by atoms with van der Waals surface area (Å²) in [5.74, 6) is 0.266. The molecule has 0 saturated heterocycles. The molecule has 0 aliphatic heterocycles. The van der Waals surface area contributed by atoms with Gasteiger partial charge in [-0.3, -0.25) is 4.57 Å². The molecule has 0 aromatic heterocycles. The third-order valence-corrected chi connectivity index (χ3v) is 10.4. The van der Waals surface area contributed by atoms with Gasteiger partial charge in [-0.25, -0.2) is 3.97 Å². The van der Waals surface area contributed by atoms with Gasteiger partial charge < -0.3 is 1.43 Å². The Labute approximate surface area is 209 Å². The van der Waals surface area contributed by atoms with Gasteiger partial charge in [-0.2, -0.15) is 8.42 Å². The maximum atomic E-state index is 13.9. The van der Waals surface area contributed by atoms with Gasteiger partial charge in [-0.1, -0.05) is 96.6 Å². The van der Waals surface area contributed by atoms with Crippen LogP contribution in [-0.2, 0) is 24.4 Å². The molecule has 0 radical (unpaired) electrons. The van der Waals surface area contributed by atoms with Crippen LogP contribution in [0.5, 0.6) is 0 Å². The van der Waals surface area contributed by atoms with Gasteiger partial charge in [0.1, 0.15) is 5.75 Å². The van der Waals surface area contributed by atoms with E-state index >= 15 is 0 Å². The van der Waals surface area contributed by atoms with E-state index in [9.17, 15) is 13.0 Å². The van der Waals surface area contributed by atoms with Crippen molar-refractivity contribution in [3.05, 3.63) is 35.9 Å². The van der Waals surface area contributed by atoms with E-state index in [-0.39, 0.29) is 48.6 Å². The Morgan fingerprint density at radius 3 is 1.77 bits per heavy atom. The first-order valence-electron chi connectivity index (χ1n) is 11.3. The van der Waals surface area contributed by atoms with Crippen molar-refractivity contribution in [1.29, 1.82) is 0 Å². The third-order valence-electron chi connectivity index (χ3n) is 5.59. The first-order chi connectivity index (χ1) is 13.8. The van der Waals surface area contributed by atoms with Crippen LogP contribution in [0.4, 0.5) is 0 Å². The minimum atomic E-state index is -3.90. The minimum absolute atomic E-state index is 0. The summed E-state index contributed by atoms with van der Waals surface area (Å²) in [6.07, 6.45) is 8.82. The molecule has 0 aliphatic carbocycles. The molecule has 0 spiro atoms. The fourth-order valence-electron chi connectivity index (χ4n) is 3.77. The molecule has 0 amide bonds.